The zero-order valence-corrected chi connectivity index (χ0v) is 11.9. The average Bonchev–Trinajstić information content (AvgIpc) is 2.84. The standard InChI is InChI=1S/C11H23N3O3S/c1-3-14(4-2)11(15)6-8-13-18(16,17)10-5-7-12-9-10/h10,12-13H,3-9H2,1-2H3. The van der Waals surface area contributed by atoms with Crippen molar-refractivity contribution in [2.75, 3.05) is 32.7 Å². The van der Waals surface area contributed by atoms with Crippen molar-refractivity contribution < 1.29 is 13.2 Å². The molecule has 1 fully saturated rings. The highest BCUT2D eigenvalue weighted by Gasteiger charge is 2.28. The molecule has 1 aliphatic heterocycles. The second-order valence-electron chi connectivity index (χ2n) is 4.37. The summed E-state index contributed by atoms with van der Waals surface area (Å²) < 4.78 is 26.2. The van der Waals surface area contributed by atoms with Crippen LogP contribution in [0.2, 0.25) is 0 Å². The molecule has 1 amide bonds. The van der Waals surface area contributed by atoms with Crippen LogP contribution in [0, 0.1) is 0 Å². The van der Waals surface area contributed by atoms with Crippen LogP contribution in [-0.2, 0) is 14.8 Å². The first-order valence-electron chi connectivity index (χ1n) is 6.48. The molecule has 0 radical (unpaired) electrons. The Labute approximate surface area is 109 Å². The molecule has 1 atom stereocenters. The summed E-state index contributed by atoms with van der Waals surface area (Å²) in [7, 11) is -3.28. The molecule has 2 N–H and O–H groups in total. The molecule has 6 nitrogen and oxygen atoms in total. The topological polar surface area (TPSA) is 78.5 Å². The van der Waals surface area contributed by atoms with Gasteiger partial charge in [0.1, 0.15) is 0 Å². The number of carbonyl (C=O) groups is 1. The van der Waals surface area contributed by atoms with Crippen molar-refractivity contribution in [2.24, 2.45) is 0 Å². The Morgan fingerprint density at radius 3 is 2.56 bits per heavy atom. The minimum absolute atomic E-state index is 0.00718. The lowest BCUT2D eigenvalue weighted by Crippen LogP contribution is -2.38. The molecule has 106 valence electrons. The molecule has 1 aliphatic rings. The molecule has 0 spiro atoms. The van der Waals surface area contributed by atoms with E-state index in [2.05, 4.69) is 10.0 Å². The highest BCUT2D eigenvalue weighted by molar-refractivity contribution is 7.90. The van der Waals surface area contributed by atoms with Crippen LogP contribution in [0.4, 0.5) is 0 Å². The fraction of sp³-hybridized carbons (Fsp3) is 0.909. The third kappa shape index (κ3) is 4.22. The molecular weight excluding hydrogens is 254 g/mol. The van der Waals surface area contributed by atoms with Crippen LogP contribution in [0.25, 0.3) is 0 Å². The third-order valence-corrected chi connectivity index (χ3v) is 5.10. The Balaban J connectivity index is 2.34. The summed E-state index contributed by atoms with van der Waals surface area (Å²) in [6, 6.07) is 0. The van der Waals surface area contributed by atoms with Gasteiger partial charge in [0.05, 0.1) is 5.25 Å². The Morgan fingerprint density at radius 2 is 2.06 bits per heavy atom. The van der Waals surface area contributed by atoms with E-state index < -0.39 is 10.0 Å². The van der Waals surface area contributed by atoms with E-state index in [9.17, 15) is 13.2 Å². The van der Waals surface area contributed by atoms with Crippen LogP contribution >= 0.6 is 0 Å². The number of sulfonamides is 1. The van der Waals surface area contributed by atoms with E-state index in [1.807, 2.05) is 13.8 Å². The second-order valence-corrected chi connectivity index (χ2v) is 6.42. The highest BCUT2D eigenvalue weighted by Crippen LogP contribution is 2.08. The second kappa shape index (κ2) is 7.06. The maximum atomic E-state index is 11.8. The molecule has 7 heteroatoms. The smallest absolute Gasteiger partial charge is 0.223 e. The van der Waals surface area contributed by atoms with Crippen LogP contribution < -0.4 is 10.0 Å². The van der Waals surface area contributed by atoms with Gasteiger partial charge in [-0.05, 0) is 26.8 Å². The molecule has 18 heavy (non-hydrogen) atoms. The van der Waals surface area contributed by atoms with Gasteiger partial charge in [-0.25, -0.2) is 13.1 Å². The minimum atomic E-state index is -3.28. The normalized spacial score (nSPS) is 20.0. The molecule has 1 heterocycles. The summed E-state index contributed by atoms with van der Waals surface area (Å²) in [6.45, 7) is 6.58. The van der Waals surface area contributed by atoms with Crippen LogP contribution in [0.3, 0.4) is 0 Å². The summed E-state index contributed by atoms with van der Waals surface area (Å²) in [6.07, 6.45) is 0.861. The number of nitrogens with one attached hydrogen (secondary N) is 2. The van der Waals surface area contributed by atoms with Gasteiger partial charge in [0.15, 0.2) is 0 Å². The summed E-state index contributed by atoms with van der Waals surface area (Å²) in [5.41, 5.74) is 0. The number of hydrogen-bond acceptors (Lipinski definition) is 4. The number of rotatable bonds is 7. The largest absolute Gasteiger partial charge is 0.343 e. The van der Waals surface area contributed by atoms with Gasteiger partial charge >= 0.3 is 0 Å². The van der Waals surface area contributed by atoms with E-state index in [0.717, 1.165) is 6.54 Å². The highest BCUT2D eigenvalue weighted by atomic mass is 32.2. The van der Waals surface area contributed by atoms with Crippen molar-refractivity contribution >= 4 is 15.9 Å². The molecule has 0 aromatic rings. The fourth-order valence-electron chi connectivity index (χ4n) is 2.05. The molecule has 0 aromatic carbocycles. The van der Waals surface area contributed by atoms with Gasteiger partial charge in [-0.3, -0.25) is 4.79 Å². The maximum Gasteiger partial charge on any atom is 0.223 e. The molecule has 0 aliphatic carbocycles. The van der Waals surface area contributed by atoms with Gasteiger partial charge in [-0.15, -0.1) is 0 Å². The van der Waals surface area contributed by atoms with Crippen LogP contribution in [0.5, 0.6) is 0 Å². The Bertz CT molecular complexity index is 360. The van der Waals surface area contributed by atoms with E-state index in [-0.39, 0.29) is 24.1 Å². The maximum absolute atomic E-state index is 11.8. The SMILES string of the molecule is CCN(CC)C(=O)CCNS(=O)(=O)C1CCNC1. The molecule has 0 aromatic heterocycles. The van der Waals surface area contributed by atoms with E-state index in [1.165, 1.54) is 0 Å². The summed E-state index contributed by atoms with van der Waals surface area (Å²) >= 11 is 0. The monoisotopic (exact) mass is 277 g/mol. The lowest BCUT2D eigenvalue weighted by atomic mass is 10.3. The van der Waals surface area contributed by atoms with Crippen molar-refractivity contribution in [3.05, 3.63) is 0 Å². The summed E-state index contributed by atoms with van der Waals surface area (Å²) in [5.74, 6) is -0.00718. The molecule has 0 saturated carbocycles. The van der Waals surface area contributed by atoms with Gasteiger partial charge in [-0.2, -0.15) is 0 Å². The zero-order chi connectivity index (χ0) is 13.6. The molecule has 1 rings (SSSR count). The van der Waals surface area contributed by atoms with E-state index in [1.54, 1.807) is 4.90 Å². The van der Waals surface area contributed by atoms with Crippen LogP contribution in [-0.4, -0.2) is 57.2 Å². The third-order valence-electron chi connectivity index (χ3n) is 3.21. The lowest BCUT2D eigenvalue weighted by Gasteiger charge is -2.19. The first-order valence-corrected chi connectivity index (χ1v) is 8.02. The van der Waals surface area contributed by atoms with E-state index in [0.29, 0.717) is 26.1 Å². The van der Waals surface area contributed by atoms with Crippen molar-refractivity contribution in [3.63, 3.8) is 0 Å². The summed E-state index contributed by atoms with van der Waals surface area (Å²) in [5, 5.41) is 2.66. The van der Waals surface area contributed by atoms with Crippen molar-refractivity contribution in [2.45, 2.75) is 31.9 Å². The number of amides is 1. The predicted molar refractivity (Wildman–Crippen MR) is 70.7 cm³/mol. The van der Waals surface area contributed by atoms with Gasteiger partial charge in [-0.1, -0.05) is 0 Å². The van der Waals surface area contributed by atoms with Gasteiger partial charge in [0.25, 0.3) is 0 Å². The van der Waals surface area contributed by atoms with Gasteiger partial charge in [0, 0.05) is 32.6 Å². The summed E-state index contributed by atoms with van der Waals surface area (Å²) in [4.78, 5) is 13.4. The quantitative estimate of drug-likeness (QED) is 0.659. The Morgan fingerprint density at radius 1 is 1.39 bits per heavy atom. The van der Waals surface area contributed by atoms with Crippen LogP contribution in [0.15, 0.2) is 0 Å². The average molecular weight is 277 g/mol. The lowest BCUT2D eigenvalue weighted by molar-refractivity contribution is -0.130. The van der Waals surface area contributed by atoms with Crippen molar-refractivity contribution in [1.82, 2.24) is 14.9 Å². The molecule has 1 saturated heterocycles. The zero-order valence-electron chi connectivity index (χ0n) is 11.1. The fourth-order valence-corrected chi connectivity index (χ4v) is 3.43. The van der Waals surface area contributed by atoms with E-state index in [4.69, 9.17) is 0 Å². The van der Waals surface area contributed by atoms with Crippen molar-refractivity contribution in [1.29, 1.82) is 0 Å². The molecule has 1 unspecified atom stereocenters. The predicted octanol–water partition coefficient (Wildman–Crippen LogP) is -0.474. The molecular formula is C11H23N3O3S. The van der Waals surface area contributed by atoms with Crippen molar-refractivity contribution in [3.8, 4) is 0 Å². The number of carbonyl (C=O) groups excluding carboxylic acids is 1. The number of nitrogens with zero attached hydrogens (tertiary/aromatic N) is 1. The van der Waals surface area contributed by atoms with Crippen LogP contribution in [0.1, 0.15) is 26.7 Å². The van der Waals surface area contributed by atoms with Gasteiger partial charge < -0.3 is 10.2 Å². The Hall–Kier alpha value is -0.660. The minimum Gasteiger partial charge on any atom is -0.343 e. The number of hydrogen-bond donors (Lipinski definition) is 2. The van der Waals surface area contributed by atoms with E-state index >= 15 is 0 Å². The van der Waals surface area contributed by atoms with Gasteiger partial charge in [0.2, 0.25) is 15.9 Å². The Kier molecular flexibility index (Phi) is 6.04. The first kappa shape index (κ1) is 15.4. The molecule has 0 bridgehead atoms. The first-order chi connectivity index (χ1) is 8.51.